The van der Waals surface area contributed by atoms with E-state index in [1.54, 1.807) is 24.3 Å². The van der Waals surface area contributed by atoms with Crippen LogP contribution in [-0.4, -0.2) is 19.2 Å². The van der Waals surface area contributed by atoms with Gasteiger partial charge in [0, 0.05) is 35.4 Å². The van der Waals surface area contributed by atoms with Gasteiger partial charge in [0.2, 0.25) is 0 Å². The predicted molar refractivity (Wildman–Crippen MR) is 84.1 cm³/mol. The van der Waals surface area contributed by atoms with E-state index in [0.29, 0.717) is 22.0 Å². The van der Waals surface area contributed by atoms with Crippen molar-refractivity contribution in [2.24, 2.45) is 0 Å². The molecule has 0 bridgehead atoms. The Balaban J connectivity index is 1.97. The molecule has 0 aliphatic heterocycles. The van der Waals surface area contributed by atoms with E-state index >= 15 is 0 Å². The number of rotatable bonds is 4. The molecule has 0 fully saturated rings. The topological polar surface area (TPSA) is 112 Å². The summed E-state index contributed by atoms with van der Waals surface area (Å²) in [5.41, 5.74) is 1.02. The molecule has 0 spiro atoms. The number of nitrogens with zero attached hydrogens (tertiary/aromatic N) is 4. The van der Waals surface area contributed by atoms with E-state index in [1.165, 1.54) is 24.3 Å². The SMILES string of the molecule is O=[N+]([O-])c1cccc(-c2nsc(-c3cccc([N+](=O)[O-])c3)n2)c1. The predicted octanol–water partition coefficient (Wildman–Crippen LogP) is 3.69. The average Bonchev–Trinajstić information content (AvgIpc) is 3.05. The first kappa shape index (κ1) is 14.7. The summed E-state index contributed by atoms with van der Waals surface area (Å²) in [6.45, 7) is 0. The molecule has 0 saturated heterocycles. The van der Waals surface area contributed by atoms with E-state index in [4.69, 9.17) is 0 Å². The van der Waals surface area contributed by atoms with Crippen LogP contribution in [0.15, 0.2) is 48.5 Å². The van der Waals surface area contributed by atoms with Gasteiger partial charge in [0.25, 0.3) is 11.4 Å². The summed E-state index contributed by atoms with van der Waals surface area (Å²) in [5, 5.41) is 22.1. The van der Waals surface area contributed by atoms with E-state index in [-0.39, 0.29) is 11.4 Å². The molecule has 0 saturated carbocycles. The minimum absolute atomic E-state index is 0.0328. The molecular formula is C14H8N4O4S. The Morgan fingerprint density at radius 2 is 1.43 bits per heavy atom. The maximum Gasteiger partial charge on any atom is 0.270 e. The lowest BCUT2D eigenvalue weighted by Gasteiger charge is -1.96. The Morgan fingerprint density at radius 1 is 0.870 bits per heavy atom. The molecule has 0 aliphatic rings. The lowest BCUT2D eigenvalue weighted by Crippen LogP contribution is -1.89. The van der Waals surface area contributed by atoms with Gasteiger partial charge >= 0.3 is 0 Å². The molecule has 1 aromatic heterocycles. The van der Waals surface area contributed by atoms with Crippen LogP contribution >= 0.6 is 11.5 Å². The van der Waals surface area contributed by atoms with Crippen molar-refractivity contribution in [1.29, 1.82) is 0 Å². The van der Waals surface area contributed by atoms with Crippen molar-refractivity contribution in [3.05, 3.63) is 68.8 Å². The molecule has 0 radical (unpaired) electrons. The number of hydrogen-bond acceptors (Lipinski definition) is 7. The second kappa shape index (κ2) is 5.89. The van der Waals surface area contributed by atoms with Crippen molar-refractivity contribution in [1.82, 2.24) is 9.36 Å². The van der Waals surface area contributed by atoms with Crippen LogP contribution in [0.4, 0.5) is 11.4 Å². The highest BCUT2D eigenvalue weighted by atomic mass is 32.1. The van der Waals surface area contributed by atoms with E-state index in [9.17, 15) is 20.2 Å². The van der Waals surface area contributed by atoms with Crippen LogP contribution in [0.1, 0.15) is 0 Å². The zero-order chi connectivity index (χ0) is 16.4. The van der Waals surface area contributed by atoms with Gasteiger partial charge in [-0.25, -0.2) is 4.98 Å². The highest BCUT2D eigenvalue weighted by Gasteiger charge is 2.14. The van der Waals surface area contributed by atoms with Gasteiger partial charge in [-0.1, -0.05) is 24.3 Å². The number of hydrogen-bond donors (Lipinski definition) is 0. The number of nitro benzene ring substituents is 2. The van der Waals surface area contributed by atoms with Crippen LogP contribution in [-0.2, 0) is 0 Å². The molecule has 114 valence electrons. The summed E-state index contributed by atoms with van der Waals surface area (Å²) in [7, 11) is 0. The molecule has 0 amide bonds. The zero-order valence-electron chi connectivity index (χ0n) is 11.4. The Kier molecular flexibility index (Phi) is 3.77. The second-order valence-electron chi connectivity index (χ2n) is 4.54. The summed E-state index contributed by atoms with van der Waals surface area (Å²) in [6.07, 6.45) is 0. The van der Waals surface area contributed by atoms with Gasteiger partial charge in [-0.2, -0.15) is 4.37 Å². The van der Waals surface area contributed by atoms with Crippen molar-refractivity contribution in [3.8, 4) is 22.0 Å². The van der Waals surface area contributed by atoms with E-state index in [1.807, 2.05) is 0 Å². The van der Waals surface area contributed by atoms with Gasteiger partial charge in [0.1, 0.15) is 5.01 Å². The molecule has 3 rings (SSSR count). The summed E-state index contributed by atoms with van der Waals surface area (Å²) >= 11 is 1.08. The van der Waals surface area contributed by atoms with E-state index in [2.05, 4.69) is 9.36 Å². The average molecular weight is 328 g/mol. The Labute approximate surface area is 133 Å². The van der Waals surface area contributed by atoms with Crippen LogP contribution in [0.5, 0.6) is 0 Å². The lowest BCUT2D eigenvalue weighted by molar-refractivity contribution is -0.385. The first-order valence-electron chi connectivity index (χ1n) is 6.38. The van der Waals surface area contributed by atoms with E-state index in [0.717, 1.165) is 11.5 Å². The maximum absolute atomic E-state index is 10.8. The molecule has 0 unspecified atom stereocenters. The molecule has 9 heteroatoms. The summed E-state index contributed by atoms with van der Waals surface area (Å²) < 4.78 is 4.18. The third-order valence-corrected chi connectivity index (χ3v) is 3.81. The highest BCUT2D eigenvalue weighted by molar-refractivity contribution is 7.09. The normalized spacial score (nSPS) is 10.4. The minimum Gasteiger partial charge on any atom is -0.258 e. The van der Waals surface area contributed by atoms with Crippen LogP contribution in [0.3, 0.4) is 0 Å². The van der Waals surface area contributed by atoms with Gasteiger partial charge in [-0.15, -0.1) is 0 Å². The quantitative estimate of drug-likeness (QED) is 0.533. The monoisotopic (exact) mass is 328 g/mol. The summed E-state index contributed by atoms with van der Waals surface area (Å²) in [5.74, 6) is 0.347. The second-order valence-corrected chi connectivity index (χ2v) is 5.29. The minimum atomic E-state index is -0.489. The third kappa shape index (κ3) is 3.04. The van der Waals surface area contributed by atoms with Gasteiger partial charge in [-0.3, -0.25) is 20.2 Å². The number of nitro groups is 2. The standard InChI is InChI=1S/C14H8N4O4S/c19-17(20)11-5-1-3-9(7-11)13-15-14(23-16-13)10-4-2-6-12(8-10)18(21)22/h1-8H. The van der Waals surface area contributed by atoms with Crippen molar-refractivity contribution >= 4 is 22.9 Å². The van der Waals surface area contributed by atoms with Crippen molar-refractivity contribution in [2.75, 3.05) is 0 Å². The third-order valence-electron chi connectivity index (χ3n) is 3.05. The van der Waals surface area contributed by atoms with Crippen molar-refractivity contribution < 1.29 is 9.85 Å². The zero-order valence-corrected chi connectivity index (χ0v) is 12.3. The number of benzene rings is 2. The molecule has 23 heavy (non-hydrogen) atoms. The molecule has 1 heterocycles. The lowest BCUT2D eigenvalue weighted by atomic mass is 10.2. The van der Waals surface area contributed by atoms with E-state index < -0.39 is 9.85 Å². The molecule has 0 atom stereocenters. The molecule has 2 aromatic carbocycles. The number of aromatic nitrogens is 2. The van der Waals surface area contributed by atoms with Crippen LogP contribution in [0.25, 0.3) is 22.0 Å². The fourth-order valence-corrected chi connectivity index (χ4v) is 2.65. The summed E-state index contributed by atoms with van der Waals surface area (Å²) in [4.78, 5) is 25.0. The van der Waals surface area contributed by atoms with Crippen LogP contribution < -0.4 is 0 Å². The van der Waals surface area contributed by atoms with Gasteiger partial charge in [-0.05, 0) is 11.5 Å². The maximum atomic E-state index is 10.8. The van der Waals surface area contributed by atoms with Gasteiger partial charge in [0.15, 0.2) is 5.82 Å². The molecule has 0 N–H and O–H groups in total. The van der Waals surface area contributed by atoms with Crippen molar-refractivity contribution in [3.63, 3.8) is 0 Å². The molecule has 3 aromatic rings. The first-order chi connectivity index (χ1) is 11.0. The summed E-state index contributed by atoms with van der Waals surface area (Å²) in [6, 6.07) is 12.1. The largest absolute Gasteiger partial charge is 0.270 e. The smallest absolute Gasteiger partial charge is 0.258 e. The Morgan fingerprint density at radius 3 is 2.04 bits per heavy atom. The van der Waals surface area contributed by atoms with Crippen molar-refractivity contribution in [2.45, 2.75) is 0 Å². The van der Waals surface area contributed by atoms with Gasteiger partial charge < -0.3 is 0 Å². The highest BCUT2D eigenvalue weighted by Crippen LogP contribution is 2.29. The van der Waals surface area contributed by atoms with Gasteiger partial charge in [0.05, 0.1) is 9.85 Å². The molecule has 0 aliphatic carbocycles. The van der Waals surface area contributed by atoms with Crippen LogP contribution in [0.2, 0.25) is 0 Å². The first-order valence-corrected chi connectivity index (χ1v) is 7.15. The fourth-order valence-electron chi connectivity index (χ4n) is 1.97. The molecular weight excluding hydrogens is 320 g/mol. The molecule has 8 nitrogen and oxygen atoms in total. The fraction of sp³-hybridized carbons (Fsp3) is 0. The Bertz CT molecular complexity index is 837. The number of non-ortho nitro benzene ring substituents is 2. The Hall–Kier alpha value is -3.20. The van der Waals surface area contributed by atoms with Crippen LogP contribution in [0, 0.1) is 20.2 Å².